The number of ether oxygens (including phenoxy) is 1. The molecule has 0 bridgehead atoms. The summed E-state index contributed by atoms with van der Waals surface area (Å²) in [5.41, 5.74) is 2.44. The lowest BCUT2D eigenvalue weighted by atomic mass is 10.2. The Morgan fingerprint density at radius 2 is 2.21 bits per heavy atom. The Labute approximate surface area is 138 Å². The molecule has 124 valence electrons. The van der Waals surface area contributed by atoms with Gasteiger partial charge in [0.2, 0.25) is 0 Å². The third-order valence-corrected chi connectivity index (χ3v) is 4.20. The Morgan fingerprint density at radius 3 is 3.00 bits per heavy atom. The predicted octanol–water partition coefficient (Wildman–Crippen LogP) is 2.13. The van der Waals surface area contributed by atoms with Gasteiger partial charge in [-0.3, -0.25) is 4.40 Å². The van der Waals surface area contributed by atoms with Crippen LogP contribution in [0.15, 0.2) is 42.7 Å². The first-order valence-corrected chi connectivity index (χ1v) is 7.84. The second kappa shape index (κ2) is 6.09. The molecule has 6 nitrogen and oxygen atoms in total. The Bertz CT molecular complexity index is 865. The van der Waals surface area contributed by atoms with E-state index >= 15 is 0 Å². The average molecular weight is 327 g/mol. The van der Waals surface area contributed by atoms with E-state index in [1.807, 2.05) is 40.9 Å². The van der Waals surface area contributed by atoms with Crippen molar-refractivity contribution < 1.29 is 9.13 Å². The van der Waals surface area contributed by atoms with Crippen LogP contribution in [0.1, 0.15) is 0 Å². The van der Waals surface area contributed by atoms with E-state index in [9.17, 15) is 4.39 Å². The maximum absolute atomic E-state index is 13.8. The van der Waals surface area contributed by atoms with E-state index in [1.54, 1.807) is 13.3 Å². The van der Waals surface area contributed by atoms with Gasteiger partial charge in [-0.25, -0.2) is 14.4 Å². The molecule has 0 unspecified atom stereocenters. The van der Waals surface area contributed by atoms with E-state index in [0.717, 1.165) is 22.8 Å². The van der Waals surface area contributed by atoms with Gasteiger partial charge in [0.25, 0.3) is 0 Å². The summed E-state index contributed by atoms with van der Waals surface area (Å²) in [4.78, 5) is 9.00. The zero-order chi connectivity index (χ0) is 16.5. The number of hydrogen-bond acceptors (Lipinski definition) is 5. The molecule has 3 aromatic heterocycles. The van der Waals surface area contributed by atoms with Crippen molar-refractivity contribution in [2.45, 2.75) is 12.2 Å². The fourth-order valence-electron chi connectivity index (χ4n) is 2.91. The van der Waals surface area contributed by atoms with Gasteiger partial charge < -0.3 is 15.4 Å². The number of aromatic nitrogens is 3. The van der Waals surface area contributed by atoms with E-state index in [2.05, 4.69) is 20.6 Å². The molecule has 0 aromatic carbocycles. The highest BCUT2D eigenvalue weighted by Gasteiger charge is 2.26. The van der Waals surface area contributed by atoms with Crippen molar-refractivity contribution in [1.82, 2.24) is 19.7 Å². The van der Waals surface area contributed by atoms with Gasteiger partial charge in [0.05, 0.1) is 36.9 Å². The van der Waals surface area contributed by atoms with E-state index in [1.165, 1.54) is 0 Å². The first-order chi connectivity index (χ1) is 11.7. The molecule has 0 radical (unpaired) electrons. The molecular weight excluding hydrogens is 309 g/mol. The standard InChI is InChI=1S/C17H18FN5O/c1-24-11-5-6-17-20-9-15(23(17)10-11)13-3-2-4-16(21-13)22-14-8-19-7-12(14)18/h2-6,9-10,12,14,19H,7-8H2,1H3,(H,21,22)/t12-,14-/m0/s1. The van der Waals surface area contributed by atoms with Gasteiger partial charge in [0.1, 0.15) is 23.4 Å². The second-order valence-electron chi connectivity index (χ2n) is 5.77. The predicted molar refractivity (Wildman–Crippen MR) is 90.2 cm³/mol. The van der Waals surface area contributed by atoms with Crippen molar-refractivity contribution in [1.29, 1.82) is 0 Å². The molecule has 4 heterocycles. The molecule has 4 rings (SSSR count). The molecule has 2 atom stereocenters. The van der Waals surface area contributed by atoms with Gasteiger partial charge in [-0.1, -0.05) is 6.07 Å². The summed E-state index contributed by atoms with van der Waals surface area (Å²) in [6.07, 6.45) is 2.74. The highest BCUT2D eigenvalue weighted by molar-refractivity contribution is 5.62. The monoisotopic (exact) mass is 327 g/mol. The van der Waals surface area contributed by atoms with Crippen LogP contribution in [-0.4, -0.2) is 46.8 Å². The fourth-order valence-corrected chi connectivity index (χ4v) is 2.91. The second-order valence-corrected chi connectivity index (χ2v) is 5.77. The first-order valence-electron chi connectivity index (χ1n) is 7.84. The third kappa shape index (κ3) is 2.67. The number of methoxy groups -OCH3 is 1. The number of nitrogens with zero attached hydrogens (tertiary/aromatic N) is 3. The summed E-state index contributed by atoms with van der Waals surface area (Å²) in [5.74, 6) is 1.40. The number of hydrogen-bond donors (Lipinski definition) is 2. The molecule has 24 heavy (non-hydrogen) atoms. The number of nitrogens with one attached hydrogen (secondary N) is 2. The van der Waals surface area contributed by atoms with Gasteiger partial charge in [-0.2, -0.15) is 0 Å². The van der Waals surface area contributed by atoms with Gasteiger partial charge in [-0.05, 0) is 24.3 Å². The van der Waals surface area contributed by atoms with Crippen molar-refractivity contribution >= 4 is 11.5 Å². The van der Waals surface area contributed by atoms with E-state index in [4.69, 9.17) is 4.74 Å². The van der Waals surface area contributed by atoms with Crippen LogP contribution in [0, 0.1) is 0 Å². The lowest BCUT2D eigenvalue weighted by Crippen LogP contribution is -2.29. The number of imidazole rings is 1. The molecule has 0 spiro atoms. The van der Waals surface area contributed by atoms with Crippen molar-refractivity contribution in [3.05, 3.63) is 42.7 Å². The number of pyridine rings is 2. The molecule has 1 saturated heterocycles. The van der Waals surface area contributed by atoms with E-state index in [-0.39, 0.29) is 6.04 Å². The van der Waals surface area contributed by atoms with Crippen LogP contribution < -0.4 is 15.4 Å². The van der Waals surface area contributed by atoms with Crippen LogP contribution in [0.3, 0.4) is 0 Å². The molecule has 1 aliphatic rings. The van der Waals surface area contributed by atoms with E-state index < -0.39 is 6.17 Å². The largest absolute Gasteiger partial charge is 0.495 e. The van der Waals surface area contributed by atoms with E-state index in [0.29, 0.717) is 18.9 Å². The van der Waals surface area contributed by atoms with Gasteiger partial charge in [0.15, 0.2) is 0 Å². The minimum atomic E-state index is -0.907. The highest BCUT2D eigenvalue weighted by Crippen LogP contribution is 2.23. The van der Waals surface area contributed by atoms with Gasteiger partial charge in [0, 0.05) is 13.1 Å². The molecule has 0 saturated carbocycles. The number of fused-ring (bicyclic) bond motifs is 1. The molecule has 0 aliphatic carbocycles. The summed E-state index contributed by atoms with van der Waals surface area (Å²) in [6.45, 7) is 0.976. The maximum Gasteiger partial charge on any atom is 0.137 e. The zero-order valence-corrected chi connectivity index (χ0v) is 13.2. The van der Waals surface area contributed by atoms with Crippen LogP contribution >= 0.6 is 0 Å². The molecular formula is C17H18FN5O. The Hall–Kier alpha value is -2.67. The van der Waals surface area contributed by atoms with Crippen molar-refractivity contribution in [2.75, 3.05) is 25.5 Å². The summed E-state index contributed by atoms with van der Waals surface area (Å²) in [6, 6.07) is 9.16. The van der Waals surface area contributed by atoms with Crippen LogP contribution in [0.25, 0.3) is 17.0 Å². The minimum absolute atomic E-state index is 0.255. The third-order valence-electron chi connectivity index (χ3n) is 4.20. The Kier molecular flexibility index (Phi) is 3.78. The number of alkyl halides is 1. The van der Waals surface area contributed by atoms with Crippen LogP contribution in [0.2, 0.25) is 0 Å². The molecule has 1 fully saturated rings. The summed E-state index contributed by atoms with van der Waals surface area (Å²) in [7, 11) is 1.63. The zero-order valence-electron chi connectivity index (χ0n) is 13.2. The van der Waals surface area contributed by atoms with Crippen molar-refractivity contribution in [3.8, 4) is 17.1 Å². The average Bonchev–Trinajstić information content (AvgIpc) is 3.21. The summed E-state index contributed by atoms with van der Waals surface area (Å²) in [5, 5.41) is 6.19. The molecule has 7 heteroatoms. The number of halogens is 1. The van der Waals surface area contributed by atoms with Crippen LogP contribution in [-0.2, 0) is 0 Å². The molecule has 3 aromatic rings. The molecule has 2 N–H and O–H groups in total. The van der Waals surface area contributed by atoms with Crippen LogP contribution in [0.4, 0.5) is 10.2 Å². The quantitative estimate of drug-likeness (QED) is 0.769. The minimum Gasteiger partial charge on any atom is -0.495 e. The Morgan fingerprint density at radius 1 is 1.29 bits per heavy atom. The molecule has 1 aliphatic heterocycles. The van der Waals surface area contributed by atoms with Gasteiger partial charge in [-0.15, -0.1) is 0 Å². The maximum atomic E-state index is 13.8. The summed E-state index contributed by atoms with van der Waals surface area (Å²) >= 11 is 0. The van der Waals surface area contributed by atoms with Gasteiger partial charge >= 0.3 is 0 Å². The topological polar surface area (TPSA) is 63.5 Å². The van der Waals surface area contributed by atoms with Crippen LogP contribution in [0.5, 0.6) is 5.75 Å². The summed E-state index contributed by atoms with van der Waals surface area (Å²) < 4.78 is 21.0. The SMILES string of the molecule is COc1ccc2ncc(-c3cccc(N[C@H]4CNC[C@@H]4F)n3)n2c1. The van der Waals surface area contributed by atoms with Crippen molar-refractivity contribution in [3.63, 3.8) is 0 Å². The Balaban J connectivity index is 1.68. The highest BCUT2D eigenvalue weighted by atomic mass is 19.1. The number of rotatable bonds is 4. The number of anilines is 1. The van der Waals surface area contributed by atoms with Crippen molar-refractivity contribution in [2.24, 2.45) is 0 Å². The lowest BCUT2D eigenvalue weighted by Gasteiger charge is -2.15. The first kappa shape index (κ1) is 14.9. The lowest BCUT2D eigenvalue weighted by molar-refractivity contribution is 0.342. The smallest absolute Gasteiger partial charge is 0.137 e. The fraction of sp³-hybridized carbons (Fsp3) is 0.294. The normalized spacial score (nSPS) is 20.4. The molecule has 0 amide bonds.